The number of hydrogen-bond donors (Lipinski definition) is 1. The molecule has 0 amide bonds. The topological polar surface area (TPSA) is 70.8 Å². The number of hydrogen-bond acceptors (Lipinski definition) is 5. The lowest BCUT2D eigenvalue weighted by Crippen LogP contribution is -2.05. The number of aromatic nitrogens is 2. The number of rotatable bonds is 4. The number of para-hydroxylation sites is 1. The zero-order valence-electron chi connectivity index (χ0n) is 10.2. The molecule has 1 aromatic carbocycles. The molecule has 5 nitrogen and oxygen atoms in total. The van der Waals surface area contributed by atoms with Gasteiger partial charge in [0, 0.05) is 12.1 Å². The van der Waals surface area contributed by atoms with Crippen LogP contribution in [0.3, 0.4) is 0 Å². The minimum absolute atomic E-state index is 0.139. The minimum Gasteiger partial charge on any atom is -0.496 e. The molecule has 0 spiro atoms. The van der Waals surface area contributed by atoms with E-state index in [1.54, 1.807) is 7.11 Å². The van der Waals surface area contributed by atoms with Gasteiger partial charge in [0.15, 0.2) is 5.15 Å². The molecule has 0 radical (unpaired) electrons. The van der Waals surface area contributed by atoms with Gasteiger partial charge in [-0.25, -0.2) is 4.98 Å². The highest BCUT2D eigenvalue weighted by molar-refractivity contribution is 6.30. The monoisotopic (exact) mass is 274 g/mol. The second-order valence-corrected chi connectivity index (χ2v) is 4.03. The van der Waals surface area contributed by atoms with Crippen LogP contribution in [0.2, 0.25) is 5.15 Å². The van der Waals surface area contributed by atoms with Gasteiger partial charge in [0.25, 0.3) is 0 Å². The van der Waals surface area contributed by atoms with E-state index in [-0.39, 0.29) is 10.7 Å². The van der Waals surface area contributed by atoms with E-state index in [0.29, 0.717) is 12.5 Å². The van der Waals surface area contributed by atoms with Crippen LogP contribution < -0.4 is 10.1 Å². The first-order valence-corrected chi connectivity index (χ1v) is 5.91. The molecule has 0 saturated carbocycles. The molecule has 1 aromatic heterocycles. The van der Waals surface area contributed by atoms with Crippen molar-refractivity contribution in [3.63, 3.8) is 0 Å². The van der Waals surface area contributed by atoms with E-state index in [9.17, 15) is 0 Å². The molecule has 2 aromatic rings. The van der Waals surface area contributed by atoms with Crippen LogP contribution in [0.1, 0.15) is 11.1 Å². The molecular formula is C13H11ClN4O. The second kappa shape index (κ2) is 6.03. The number of benzene rings is 1. The first-order chi connectivity index (χ1) is 9.24. The van der Waals surface area contributed by atoms with Crippen molar-refractivity contribution in [1.82, 2.24) is 9.97 Å². The molecule has 2 rings (SSSR count). The van der Waals surface area contributed by atoms with E-state index in [1.807, 2.05) is 30.3 Å². The van der Waals surface area contributed by atoms with Gasteiger partial charge in [-0.2, -0.15) is 10.2 Å². The Morgan fingerprint density at radius 2 is 2.21 bits per heavy atom. The smallest absolute Gasteiger partial charge is 0.224 e. The first kappa shape index (κ1) is 13.1. The molecule has 19 heavy (non-hydrogen) atoms. The van der Waals surface area contributed by atoms with Crippen molar-refractivity contribution in [2.75, 3.05) is 12.4 Å². The van der Waals surface area contributed by atoms with Crippen LogP contribution in [0.15, 0.2) is 30.5 Å². The minimum atomic E-state index is 0.139. The Morgan fingerprint density at radius 3 is 2.89 bits per heavy atom. The fourth-order valence-electron chi connectivity index (χ4n) is 1.54. The predicted octanol–water partition coefficient (Wildman–Crippen LogP) is 2.62. The van der Waals surface area contributed by atoms with Gasteiger partial charge in [0.05, 0.1) is 13.3 Å². The highest BCUT2D eigenvalue weighted by Gasteiger charge is 2.05. The SMILES string of the molecule is COc1ccccc1CNc1ncc(C#N)c(Cl)n1. The number of ether oxygens (including phenoxy) is 1. The van der Waals surface area contributed by atoms with Crippen LogP contribution >= 0.6 is 11.6 Å². The Balaban J connectivity index is 2.11. The molecule has 0 bridgehead atoms. The Hall–Kier alpha value is -2.32. The number of nitrogens with zero attached hydrogens (tertiary/aromatic N) is 3. The van der Waals surface area contributed by atoms with E-state index in [4.69, 9.17) is 21.6 Å². The molecule has 1 heterocycles. The van der Waals surface area contributed by atoms with Crippen molar-refractivity contribution < 1.29 is 4.74 Å². The lowest BCUT2D eigenvalue weighted by Gasteiger charge is -2.09. The third-order valence-electron chi connectivity index (χ3n) is 2.49. The lowest BCUT2D eigenvalue weighted by atomic mass is 10.2. The predicted molar refractivity (Wildman–Crippen MR) is 72.1 cm³/mol. The van der Waals surface area contributed by atoms with Crippen LogP contribution in [-0.2, 0) is 6.54 Å². The summed E-state index contributed by atoms with van der Waals surface area (Å²) in [5.41, 5.74) is 1.23. The van der Waals surface area contributed by atoms with E-state index < -0.39 is 0 Å². The van der Waals surface area contributed by atoms with Gasteiger partial charge >= 0.3 is 0 Å². The average molecular weight is 275 g/mol. The van der Waals surface area contributed by atoms with Crippen LogP contribution in [0.5, 0.6) is 5.75 Å². The molecule has 0 fully saturated rings. The summed E-state index contributed by atoms with van der Waals surface area (Å²) in [6.45, 7) is 0.506. The van der Waals surface area contributed by atoms with Crippen molar-refractivity contribution in [3.05, 3.63) is 46.7 Å². The summed E-state index contributed by atoms with van der Waals surface area (Å²) in [6, 6.07) is 9.55. The molecule has 6 heteroatoms. The van der Waals surface area contributed by atoms with E-state index in [0.717, 1.165) is 11.3 Å². The number of anilines is 1. The summed E-state index contributed by atoms with van der Waals surface area (Å²) in [5, 5.41) is 11.9. The maximum Gasteiger partial charge on any atom is 0.224 e. The van der Waals surface area contributed by atoms with E-state index in [2.05, 4.69) is 15.3 Å². The van der Waals surface area contributed by atoms with Gasteiger partial charge in [0.1, 0.15) is 17.4 Å². The van der Waals surface area contributed by atoms with Gasteiger partial charge in [-0.1, -0.05) is 29.8 Å². The Labute approximate surface area is 115 Å². The summed E-state index contributed by atoms with van der Waals surface area (Å²) in [6.07, 6.45) is 1.39. The van der Waals surface area contributed by atoms with Gasteiger partial charge in [-0.05, 0) is 6.07 Å². The normalized spacial score (nSPS) is 9.74. The Bertz CT molecular complexity index is 624. The zero-order valence-corrected chi connectivity index (χ0v) is 11.0. The third-order valence-corrected chi connectivity index (χ3v) is 2.78. The van der Waals surface area contributed by atoms with Crippen molar-refractivity contribution in [3.8, 4) is 11.8 Å². The molecule has 0 unspecified atom stereocenters. The molecule has 96 valence electrons. The summed E-state index contributed by atoms with van der Waals surface area (Å²) in [5.74, 6) is 1.16. The molecule has 0 aliphatic carbocycles. The molecule has 0 aliphatic rings. The molecule has 0 saturated heterocycles. The lowest BCUT2D eigenvalue weighted by molar-refractivity contribution is 0.410. The first-order valence-electron chi connectivity index (χ1n) is 5.53. The Kier molecular flexibility index (Phi) is 4.16. The second-order valence-electron chi connectivity index (χ2n) is 3.68. The van der Waals surface area contributed by atoms with Crippen molar-refractivity contribution in [1.29, 1.82) is 5.26 Å². The average Bonchev–Trinajstić information content (AvgIpc) is 2.45. The van der Waals surface area contributed by atoms with Gasteiger partial charge in [0.2, 0.25) is 5.95 Å². The van der Waals surface area contributed by atoms with Crippen LogP contribution in [0.25, 0.3) is 0 Å². The molecular weight excluding hydrogens is 264 g/mol. The maximum atomic E-state index is 8.73. The summed E-state index contributed by atoms with van der Waals surface area (Å²) < 4.78 is 5.24. The van der Waals surface area contributed by atoms with Crippen molar-refractivity contribution in [2.24, 2.45) is 0 Å². The van der Waals surface area contributed by atoms with Crippen molar-refractivity contribution in [2.45, 2.75) is 6.54 Å². The quantitative estimate of drug-likeness (QED) is 0.868. The number of halogens is 1. The zero-order chi connectivity index (χ0) is 13.7. The Morgan fingerprint density at radius 1 is 1.42 bits per heavy atom. The fourth-order valence-corrected chi connectivity index (χ4v) is 1.72. The molecule has 0 aliphatic heterocycles. The summed E-state index contributed by atoms with van der Waals surface area (Å²) in [4.78, 5) is 8.01. The van der Waals surface area contributed by atoms with E-state index >= 15 is 0 Å². The summed E-state index contributed by atoms with van der Waals surface area (Å²) in [7, 11) is 1.62. The highest BCUT2D eigenvalue weighted by Crippen LogP contribution is 2.19. The molecule has 1 N–H and O–H groups in total. The van der Waals surface area contributed by atoms with Crippen molar-refractivity contribution >= 4 is 17.5 Å². The van der Waals surface area contributed by atoms with Crippen LogP contribution in [0, 0.1) is 11.3 Å². The summed E-state index contributed by atoms with van der Waals surface area (Å²) >= 11 is 5.83. The van der Waals surface area contributed by atoms with E-state index in [1.165, 1.54) is 6.20 Å². The number of nitriles is 1. The number of nitrogens with one attached hydrogen (secondary N) is 1. The highest BCUT2D eigenvalue weighted by atomic mass is 35.5. The van der Waals surface area contributed by atoms with Crippen LogP contribution in [0.4, 0.5) is 5.95 Å². The fraction of sp³-hybridized carbons (Fsp3) is 0.154. The van der Waals surface area contributed by atoms with Crippen LogP contribution in [-0.4, -0.2) is 17.1 Å². The number of methoxy groups -OCH3 is 1. The van der Waals surface area contributed by atoms with Gasteiger partial charge in [-0.3, -0.25) is 0 Å². The van der Waals surface area contributed by atoms with Gasteiger partial charge < -0.3 is 10.1 Å². The molecule has 0 atom stereocenters. The van der Waals surface area contributed by atoms with Gasteiger partial charge in [-0.15, -0.1) is 0 Å². The largest absolute Gasteiger partial charge is 0.496 e. The maximum absolute atomic E-state index is 8.73. The standard InChI is InChI=1S/C13H11ClN4O/c1-19-11-5-3-2-4-9(11)7-16-13-17-8-10(6-15)12(14)18-13/h2-5,8H,7H2,1H3,(H,16,17,18). The third kappa shape index (κ3) is 3.12.